The van der Waals surface area contributed by atoms with Gasteiger partial charge in [0.15, 0.2) is 11.5 Å². The summed E-state index contributed by atoms with van der Waals surface area (Å²) in [4.78, 5) is 21.0. The van der Waals surface area contributed by atoms with E-state index in [0.717, 1.165) is 12.1 Å². The van der Waals surface area contributed by atoms with E-state index in [9.17, 15) is 20.0 Å². The molecule has 1 rings (SSSR count). The van der Waals surface area contributed by atoms with E-state index in [4.69, 9.17) is 14.6 Å². The van der Waals surface area contributed by atoms with Gasteiger partial charge in [0.1, 0.15) is 12.2 Å². The first-order chi connectivity index (χ1) is 9.40. The first kappa shape index (κ1) is 15.7. The molecule has 8 heteroatoms. The minimum absolute atomic E-state index is 0.0108. The number of aliphatic hydroxyl groups is 1. The van der Waals surface area contributed by atoms with Crippen molar-refractivity contribution in [2.75, 3.05) is 13.7 Å². The van der Waals surface area contributed by atoms with Gasteiger partial charge in [0.05, 0.1) is 24.2 Å². The molecule has 0 amide bonds. The van der Waals surface area contributed by atoms with Crippen LogP contribution in [0.2, 0.25) is 0 Å². The number of aliphatic hydroxyl groups excluding tert-OH is 1. The average molecular weight is 285 g/mol. The predicted molar refractivity (Wildman–Crippen MR) is 68.4 cm³/mol. The maximum atomic E-state index is 11.0. The van der Waals surface area contributed by atoms with E-state index < -0.39 is 28.2 Å². The third-order valence-electron chi connectivity index (χ3n) is 2.61. The predicted octanol–water partition coefficient (Wildman–Crippen LogP) is 1.45. The molecule has 0 bridgehead atoms. The van der Waals surface area contributed by atoms with Gasteiger partial charge in [-0.3, -0.25) is 10.1 Å². The highest BCUT2D eigenvalue weighted by Gasteiger charge is 2.24. The van der Waals surface area contributed by atoms with Crippen LogP contribution in [0.3, 0.4) is 0 Å². The molecule has 1 aromatic rings. The van der Waals surface area contributed by atoms with E-state index in [-0.39, 0.29) is 18.1 Å². The Hall–Kier alpha value is -2.35. The molecule has 2 N–H and O–H groups in total. The van der Waals surface area contributed by atoms with E-state index >= 15 is 0 Å². The molecule has 20 heavy (non-hydrogen) atoms. The third-order valence-corrected chi connectivity index (χ3v) is 2.61. The number of methoxy groups -OCH3 is 1. The Morgan fingerprint density at radius 2 is 2.10 bits per heavy atom. The standard InChI is InChI=1S/C12H15NO7/c1-3-7(14)6-20-11-5-9(13(17)18)8(12(15)16)4-10(11)19-2/h4-5,7,14H,3,6H2,1-2H3,(H,15,16). The summed E-state index contributed by atoms with van der Waals surface area (Å²) in [7, 11) is 1.29. The number of rotatable bonds is 7. The van der Waals surface area contributed by atoms with Crippen LogP contribution in [-0.4, -0.2) is 40.9 Å². The molecule has 1 aromatic carbocycles. The Bertz CT molecular complexity index is 515. The van der Waals surface area contributed by atoms with Crippen LogP contribution in [0, 0.1) is 10.1 Å². The fourth-order valence-electron chi connectivity index (χ4n) is 1.45. The van der Waals surface area contributed by atoms with Crippen molar-refractivity contribution in [1.29, 1.82) is 0 Å². The Balaban J connectivity index is 3.19. The monoisotopic (exact) mass is 285 g/mol. The zero-order chi connectivity index (χ0) is 15.3. The van der Waals surface area contributed by atoms with Gasteiger partial charge in [-0.2, -0.15) is 0 Å². The summed E-state index contributed by atoms with van der Waals surface area (Å²) in [5, 5.41) is 29.2. The summed E-state index contributed by atoms with van der Waals surface area (Å²) in [5.41, 5.74) is -1.09. The van der Waals surface area contributed by atoms with E-state index in [0.29, 0.717) is 6.42 Å². The number of nitrogens with zero attached hydrogens (tertiary/aromatic N) is 1. The number of aromatic carboxylic acids is 1. The zero-order valence-corrected chi connectivity index (χ0v) is 11.0. The maximum absolute atomic E-state index is 11.0. The molecule has 0 aliphatic carbocycles. The van der Waals surface area contributed by atoms with Gasteiger partial charge in [0.2, 0.25) is 0 Å². The van der Waals surface area contributed by atoms with Gasteiger partial charge in [-0.1, -0.05) is 6.92 Å². The fraction of sp³-hybridized carbons (Fsp3) is 0.417. The minimum atomic E-state index is -1.44. The molecular formula is C12H15NO7. The SMILES string of the molecule is CCC(O)COc1cc([N+](=O)[O-])c(C(=O)O)cc1OC. The number of carboxylic acids is 1. The molecule has 0 aliphatic rings. The molecule has 0 heterocycles. The Labute approximate surface area is 114 Å². The highest BCUT2D eigenvalue weighted by Crippen LogP contribution is 2.34. The number of carboxylic acid groups (broad SMARTS) is 1. The van der Waals surface area contributed by atoms with Gasteiger partial charge < -0.3 is 19.7 Å². The highest BCUT2D eigenvalue weighted by atomic mass is 16.6. The number of hydrogen-bond donors (Lipinski definition) is 2. The highest BCUT2D eigenvalue weighted by molar-refractivity contribution is 5.93. The molecule has 110 valence electrons. The topological polar surface area (TPSA) is 119 Å². The largest absolute Gasteiger partial charge is 0.493 e. The van der Waals surface area contributed by atoms with Crippen molar-refractivity contribution >= 4 is 11.7 Å². The average Bonchev–Trinajstić information content (AvgIpc) is 2.43. The number of carbonyl (C=O) groups is 1. The first-order valence-corrected chi connectivity index (χ1v) is 5.81. The van der Waals surface area contributed by atoms with Crippen molar-refractivity contribution in [2.24, 2.45) is 0 Å². The molecule has 0 radical (unpaired) electrons. The van der Waals surface area contributed by atoms with Gasteiger partial charge in [0, 0.05) is 6.07 Å². The summed E-state index contributed by atoms with van der Waals surface area (Å²) in [6.07, 6.45) is -0.268. The van der Waals surface area contributed by atoms with Crippen LogP contribution < -0.4 is 9.47 Å². The summed E-state index contributed by atoms with van der Waals surface area (Å²) in [6, 6.07) is 2.00. The smallest absolute Gasteiger partial charge is 0.342 e. The second kappa shape index (κ2) is 6.71. The molecule has 8 nitrogen and oxygen atoms in total. The quantitative estimate of drug-likeness (QED) is 0.574. The van der Waals surface area contributed by atoms with Crippen LogP contribution in [0.15, 0.2) is 12.1 Å². The van der Waals surface area contributed by atoms with Crippen LogP contribution in [0.25, 0.3) is 0 Å². The minimum Gasteiger partial charge on any atom is -0.493 e. The van der Waals surface area contributed by atoms with Crippen molar-refractivity contribution < 1.29 is 29.4 Å². The lowest BCUT2D eigenvalue weighted by atomic mass is 10.1. The van der Waals surface area contributed by atoms with Crippen LogP contribution in [0.1, 0.15) is 23.7 Å². The Morgan fingerprint density at radius 1 is 1.45 bits per heavy atom. The summed E-state index contributed by atoms with van der Waals surface area (Å²) < 4.78 is 10.2. The Kier molecular flexibility index (Phi) is 5.27. The van der Waals surface area contributed by atoms with E-state index in [1.165, 1.54) is 7.11 Å². The van der Waals surface area contributed by atoms with E-state index in [1.807, 2.05) is 0 Å². The number of benzene rings is 1. The van der Waals surface area contributed by atoms with Crippen molar-refractivity contribution in [3.8, 4) is 11.5 Å². The zero-order valence-electron chi connectivity index (χ0n) is 11.0. The van der Waals surface area contributed by atoms with E-state index in [2.05, 4.69) is 0 Å². The van der Waals surface area contributed by atoms with Gasteiger partial charge in [-0.05, 0) is 6.42 Å². The second-order valence-corrected chi connectivity index (χ2v) is 3.96. The molecule has 0 spiro atoms. The number of nitro benzene ring substituents is 1. The molecule has 0 aromatic heterocycles. The van der Waals surface area contributed by atoms with Crippen molar-refractivity contribution in [1.82, 2.24) is 0 Å². The van der Waals surface area contributed by atoms with Crippen molar-refractivity contribution in [3.63, 3.8) is 0 Å². The number of nitro groups is 1. The van der Waals surface area contributed by atoms with Gasteiger partial charge >= 0.3 is 5.97 Å². The van der Waals surface area contributed by atoms with Gasteiger partial charge in [-0.15, -0.1) is 0 Å². The molecule has 0 saturated carbocycles. The Morgan fingerprint density at radius 3 is 2.55 bits per heavy atom. The lowest BCUT2D eigenvalue weighted by molar-refractivity contribution is -0.385. The van der Waals surface area contributed by atoms with Crippen LogP contribution >= 0.6 is 0 Å². The lowest BCUT2D eigenvalue weighted by Gasteiger charge is -2.13. The molecular weight excluding hydrogens is 270 g/mol. The number of ether oxygens (including phenoxy) is 2. The summed E-state index contributed by atoms with van der Waals surface area (Å²) >= 11 is 0. The fourth-order valence-corrected chi connectivity index (χ4v) is 1.45. The number of hydrogen-bond acceptors (Lipinski definition) is 6. The van der Waals surface area contributed by atoms with Crippen molar-refractivity contribution in [2.45, 2.75) is 19.4 Å². The molecule has 0 aliphatic heterocycles. The molecule has 0 fully saturated rings. The third kappa shape index (κ3) is 3.58. The van der Waals surface area contributed by atoms with Crippen LogP contribution in [0.5, 0.6) is 11.5 Å². The summed E-state index contributed by atoms with van der Waals surface area (Å²) in [6.45, 7) is 1.68. The van der Waals surface area contributed by atoms with Gasteiger partial charge in [0.25, 0.3) is 5.69 Å². The second-order valence-electron chi connectivity index (χ2n) is 3.96. The van der Waals surface area contributed by atoms with Crippen LogP contribution in [0.4, 0.5) is 5.69 Å². The first-order valence-electron chi connectivity index (χ1n) is 5.81. The molecule has 0 saturated heterocycles. The van der Waals surface area contributed by atoms with Gasteiger partial charge in [-0.25, -0.2) is 4.79 Å². The lowest BCUT2D eigenvalue weighted by Crippen LogP contribution is -2.16. The molecule has 1 atom stereocenters. The maximum Gasteiger partial charge on any atom is 0.342 e. The normalized spacial score (nSPS) is 11.8. The molecule has 1 unspecified atom stereocenters. The summed E-state index contributed by atoms with van der Waals surface area (Å²) in [5.74, 6) is -1.37. The van der Waals surface area contributed by atoms with Crippen molar-refractivity contribution in [3.05, 3.63) is 27.8 Å². The van der Waals surface area contributed by atoms with Crippen LogP contribution in [-0.2, 0) is 0 Å². The van der Waals surface area contributed by atoms with E-state index in [1.54, 1.807) is 6.92 Å².